The molecule has 1 aliphatic heterocycles. The predicted molar refractivity (Wildman–Crippen MR) is 86.4 cm³/mol. The maximum absolute atomic E-state index is 6.19. The normalized spacial score (nSPS) is 20.8. The molecule has 1 fully saturated rings. The summed E-state index contributed by atoms with van der Waals surface area (Å²) < 4.78 is 17.2. The average Bonchev–Trinajstić information content (AvgIpc) is 2.94. The second-order valence-electron chi connectivity index (χ2n) is 5.59. The number of halogens is 1. The van der Waals surface area contributed by atoms with Crippen LogP contribution >= 0.6 is 11.6 Å². The molecule has 0 amide bonds. The Morgan fingerprint density at radius 2 is 2.00 bits per heavy atom. The second-order valence-corrected chi connectivity index (χ2v) is 6.00. The van der Waals surface area contributed by atoms with Gasteiger partial charge in [-0.1, -0.05) is 48.9 Å². The van der Waals surface area contributed by atoms with Crippen molar-refractivity contribution >= 4 is 11.6 Å². The van der Waals surface area contributed by atoms with Gasteiger partial charge in [0, 0.05) is 12.5 Å². The summed E-state index contributed by atoms with van der Waals surface area (Å²) in [6.45, 7) is 3.37. The highest BCUT2D eigenvalue weighted by atomic mass is 35.5. The van der Waals surface area contributed by atoms with Crippen LogP contribution in [0.25, 0.3) is 0 Å². The maximum Gasteiger partial charge on any atom is 0.200 e. The van der Waals surface area contributed by atoms with Gasteiger partial charge in [0.1, 0.15) is 18.1 Å². The third-order valence-corrected chi connectivity index (χ3v) is 3.88. The van der Waals surface area contributed by atoms with Gasteiger partial charge in [-0.3, -0.25) is 0 Å². The molecule has 0 saturated carbocycles. The number of hydrogen-bond donors (Lipinski definition) is 0. The van der Waals surface area contributed by atoms with Crippen molar-refractivity contribution < 1.29 is 14.2 Å². The standard InChI is InChI=1S/C18H19ClO3/c1-13-9-18(21-11-13)22-15-7-8-16(19)17(10-15)20-12-14-5-3-2-4-6-14/h2-8,10,13,18H,9,11-12H2,1H3/t13-,18?/m1/s1. The fourth-order valence-corrected chi connectivity index (χ4v) is 2.55. The van der Waals surface area contributed by atoms with Crippen LogP contribution in [0.1, 0.15) is 18.9 Å². The van der Waals surface area contributed by atoms with Crippen LogP contribution < -0.4 is 9.47 Å². The minimum Gasteiger partial charge on any atom is -0.487 e. The minimum absolute atomic E-state index is 0.182. The maximum atomic E-state index is 6.19. The van der Waals surface area contributed by atoms with Gasteiger partial charge in [0.15, 0.2) is 6.29 Å². The Labute approximate surface area is 135 Å². The fourth-order valence-electron chi connectivity index (χ4n) is 2.37. The van der Waals surface area contributed by atoms with E-state index in [2.05, 4.69) is 6.92 Å². The topological polar surface area (TPSA) is 27.7 Å². The molecule has 3 rings (SSSR count). The zero-order valence-electron chi connectivity index (χ0n) is 12.5. The molecule has 0 N–H and O–H groups in total. The lowest BCUT2D eigenvalue weighted by Gasteiger charge is -2.15. The molecule has 1 aliphatic rings. The molecular formula is C18H19ClO3. The molecular weight excluding hydrogens is 300 g/mol. The molecule has 0 aromatic heterocycles. The molecule has 0 bridgehead atoms. The van der Waals surface area contributed by atoms with Crippen molar-refractivity contribution in [2.75, 3.05) is 6.61 Å². The van der Waals surface area contributed by atoms with Crippen LogP contribution in [-0.4, -0.2) is 12.9 Å². The molecule has 1 heterocycles. The highest BCUT2D eigenvalue weighted by molar-refractivity contribution is 6.32. The van der Waals surface area contributed by atoms with Gasteiger partial charge in [-0.25, -0.2) is 0 Å². The highest BCUT2D eigenvalue weighted by Gasteiger charge is 2.23. The van der Waals surface area contributed by atoms with Crippen LogP contribution in [0.15, 0.2) is 48.5 Å². The monoisotopic (exact) mass is 318 g/mol. The smallest absolute Gasteiger partial charge is 0.200 e. The van der Waals surface area contributed by atoms with Gasteiger partial charge in [-0.2, -0.15) is 0 Å². The van der Waals surface area contributed by atoms with Crippen molar-refractivity contribution in [3.05, 3.63) is 59.1 Å². The van der Waals surface area contributed by atoms with Gasteiger partial charge in [-0.15, -0.1) is 0 Å². The highest BCUT2D eigenvalue weighted by Crippen LogP contribution is 2.31. The molecule has 116 valence electrons. The van der Waals surface area contributed by atoms with Gasteiger partial charge in [0.2, 0.25) is 0 Å². The van der Waals surface area contributed by atoms with Crippen molar-refractivity contribution in [3.63, 3.8) is 0 Å². The summed E-state index contributed by atoms with van der Waals surface area (Å²) in [5, 5.41) is 0.573. The number of ether oxygens (including phenoxy) is 3. The molecule has 22 heavy (non-hydrogen) atoms. The van der Waals surface area contributed by atoms with Crippen LogP contribution in [-0.2, 0) is 11.3 Å². The first-order valence-electron chi connectivity index (χ1n) is 7.45. The van der Waals surface area contributed by atoms with Crippen molar-refractivity contribution in [2.45, 2.75) is 26.2 Å². The number of hydrogen-bond acceptors (Lipinski definition) is 3. The Morgan fingerprint density at radius 1 is 1.18 bits per heavy atom. The fraction of sp³-hybridized carbons (Fsp3) is 0.333. The van der Waals surface area contributed by atoms with E-state index in [-0.39, 0.29) is 6.29 Å². The van der Waals surface area contributed by atoms with Crippen molar-refractivity contribution in [1.29, 1.82) is 0 Å². The van der Waals surface area contributed by atoms with Crippen LogP contribution in [0.5, 0.6) is 11.5 Å². The lowest BCUT2D eigenvalue weighted by atomic mass is 10.1. The second kappa shape index (κ2) is 7.03. The lowest BCUT2D eigenvalue weighted by molar-refractivity contribution is -0.0394. The molecule has 0 aliphatic carbocycles. The summed E-state index contributed by atoms with van der Waals surface area (Å²) in [4.78, 5) is 0. The zero-order valence-corrected chi connectivity index (χ0v) is 13.3. The van der Waals surface area contributed by atoms with Crippen molar-refractivity contribution in [1.82, 2.24) is 0 Å². The number of benzene rings is 2. The SMILES string of the molecule is C[C@H]1COC(Oc2ccc(Cl)c(OCc3ccccc3)c2)C1. The van der Waals surface area contributed by atoms with Gasteiger partial charge < -0.3 is 14.2 Å². The van der Waals surface area contributed by atoms with Gasteiger partial charge in [0.25, 0.3) is 0 Å². The third-order valence-electron chi connectivity index (χ3n) is 3.57. The van der Waals surface area contributed by atoms with E-state index in [1.807, 2.05) is 42.5 Å². The van der Waals surface area contributed by atoms with E-state index in [0.717, 1.165) is 18.6 Å². The molecule has 2 atom stereocenters. The van der Waals surface area contributed by atoms with E-state index in [1.165, 1.54) is 0 Å². The summed E-state index contributed by atoms with van der Waals surface area (Å²) in [5.74, 6) is 1.87. The molecule has 0 radical (unpaired) electrons. The van der Waals surface area contributed by atoms with Gasteiger partial charge >= 0.3 is 0 Å². The largest absolute Gasteiger partial charge is 0.487 e. The Balaban J connectivity index is 1.64. The van der Waals surface area contributed by atoms with E-state index < -0.39 is 0 Å². The zero-order chi connectivity index (χ0) is 15.4. The Bertz CT molecular complexity index is 615. The summed E-state index contributed by atoms with van der Waals surface area (Å²) >= 11 is 6.19. The quantitative estimate of drug-likeness (QED) is 0.801. The summed E-state index contributed by atoms with van der Waals surface area (Å²) in [7, 11) is 0. The Morgan fingerprint density at radius 3 is 2.73 bits per heavy atom. The van der Waals surface area contributed by atoms with Gasteiger partial charge in [-0.05, 0) is 23.6 Å². The average molecular weight is 319 g/mol. The van der Waals surface area contributed by atoms with E-state index in [9.17, 15) is 0 Å². The van der Waals surface area contributed by atoms with Crippen LogP contribution in [0.2, 0.25) is 5.02 Å². The first kappa shape index (κ1) is 15.2. The molecule has 3 nitrogen and oxygen atoms in total. The molecule has 2 aromatic carbocycles. The Kier molecular flexibility index (Phi) is 4.86. The van der Waals surface area contributed by atoms with E-state index in [4.69, 9.17) is 25.8 Å². The van der Waals surface area contributed by atoms with E-state index >= 15 is 0 Å². The first-order chi connectivity index (χ1) is 10.7. The molecule has 2 aromatic rings. The van der Waals surface area contributed by atoms with Gasteiger partial charge in [0.05, 0.1) is 11.6 Å². The Hall–Kier alpha value is -1.71. The third kappa shape index (κ3) is 3.93. The molecule has 1 unspecified atom stereocenters. The molecule has 0 spiro atoms. The molecule has 4 heteroatoms. The van der Waals surface area contributed by atoms with Crippen molar-refractivity contribution in [2.24, 2.45) is 5.92 Å². The molecule has 1 saturated heterocycles. The van der Waals surface area contributed by atoms with E-state index in [0.29, 0.717) is 29.0 Å². The predicted octanol–water partition coefficient (Wildman–Crippen LogP) is 4.68. The first-order valence-corrected chi connectivity index (χ1v) is 7.83. The van der Waals surface area contributed by atoms with Crippen LogP contribution in [0.4, 0.5) is 0 Å². The van der Waals surface area contributed by atoms with E-state index in [1.54, 1.807) is 6.07 Å². The van der Waals surface area contributed by atoms with Crippen LogP contribution in [0, 0.1) is 5.92 Å². The summed E-state index contributed by atoms with van der Waals surface area (Å²) in [6.07, 6.45) is 0.723. The van der Waals surface area contributed by atoms with Crippen LogP contribution in [0.3, 0.4) is 0 Å². The summed E-state index contributed by atoms with van der Waals surface area (Å²) in [5.41, 5.74) is 1.10. The minimum atomic E-state index is -0.182. The lowest BCUT2D eigenvalue weighted by Crippen LogP contribution is -2.14. The van der Waals surface area contributed by atoms with Crippen molar-refractivity contribution in [3.8, 4) is 11.5 Å². The summed E-state index contributed by atoms with van der Waals surface area (Å²) in [6, 6.07) is 15.4. The number of rotatable bonds is 5.